The van der Waals surface area contributed by atoms with E-state index in [2.05, 4.69) is 24.1 Å². The molecule has 0 aromatic carbocycles. The van der Waals surface area contributed by atoms with Crippen LogP contribution in [0.1, 0.15) is 30.3 Å². The van der Waals surface area contributed by atoms with Crippen molar-refractivity contribution in [2.45, 2.75) is 39.7 Å². The number of nitrogens with zero attached hydrogens (tertiary/aromatic N) is 1. The number of anilines is 1. The molecule has 0 aliphatic heterocycles. The number of alkyl halides is 1. The van der Waals surface area contributed by atoms with E-state index in [1.165, 1.54) is 4.88 Å². The first kappa shape index (κ1) is 11.8. The zero-order chi connectivity index (χ0) is 10.6. The molecule has 1 atom stereocenters. The number of hydrogen-bond donors (Lipinski definition) is 1. The van der Waals surface area contributed by atoms with Crippen molar-refractivity contribution in [2.24, 2.45) is 0 Å². The van der Waals surface area contributed by atoms with Gasteiger partial charge in [0.25, 0.3) is 0 Å². The van der Waals surface area contributed by atoms with Gasteiger partial charge in [-0.3, -0.25) is 0 Å². The van der Waals surface area contributed by atoms with Crippen LogP contribution in [0.4, 0.5) is 5.13 Å². The fourth-order valence-corrected chi connectivity index (χ4v) is 2.37. The number of nitrogens with one attached hydrogen (secondary N) is 1. The van der Waals surface area contributed by atoms with E-state index in [9.17, 15) is 0 Å². The molecule has 2 nitrogen and oxygen atoms in total. The predicted octanol–water partition coefficient (Wildman–Crippen LogP) is 3.58. The fourth-order valence-electron chi connectivity index (χ4n) is 1.22. The van der Waals surface area contributed by atoms with Gasteiger partial charge in [-0.05, 0) is 26.7 Å². The lowest BCUT2D eigenvalue weighted by Gasteiger charge is -2.13. The Morgan fingerprint density at radius 2 is 2.21 bits per heavy atom. The Bertz CT molecular complexity index is 266. The Morgan fingerprint density at radius 1 is 1.50 bits per heavy atom. The van der Waals surface area contributed by atoms with Crippen LogP contribution in [0.25, 0.3) is 0 Å². The molecular formula is C10H17ClN2S. The molecule has 0 bridgehead atoms. The minimum atomic E-state index is 0.456. The molecule has 1 aromatic heterocycles. The Labute approximate surface area is 94.7 Å². The zero-order valence-corrected chi connectivity index (χ0v) is 10.5. The molecule has 1 heterocycles. The van der Waals surface area contributed by atoms with Gasteiger partial charge in [0.1, 0.15) is 0 Å². The standard InChI is InChI=1S/C10H17ClN2S/c1-4-9(5-6-11)13-10-12-7(2)8(3)14-10/h9H,4-6H2,1-3H3,(H,12,13). The van der Waals surface area contributed by atoms with E-state index in [4.69, 9.17) is 11.6 Å². The first-order valence-corrected chi connectivity index (χ1v) is 6.29. The number of aromatic nitrogens is 1. The zero-order valence-electron chi connectivity index (χ0n) is 8.93. The van der Waals surface area contributed by atoms with Crippen molar-refractivity contribution >= 4 is 28.1 Å². The van der Waals surface area contributed by atoms with Gasteiger partial charge in [0.15, 0.2) is 5.13 Å². The van der Waals surface area contributed by atoms with Gasteiger partial charge in [0.05, 0.1) is 5.69 Å². The Kier molecular flexibility index (Phi) is 4.69. The molecule has 0 radical (unpaired) electrons. The molecule has 4 heteroatoms. The summed E-state index contributed by atoms with van der Waals surface area (Å²) in [6, 6.07) is 0.456. The van der Waals surface area contributed by atoms with Gasteiger partial charge in [0.2, 0.25) is 0 Å². The smallest absolute Gasteiger partial charge is 0.183 e. The van der Waals surface area contributed by atoms with Crippen LogP contribution in [-0.2, 0) is 0 Å². The molecule has 0 aliphatic carbocycles. The second-order valence-corrected chi connectivity index (χ2v) is 4.97. The molecule has 0 saturated heterocycles. The van der Waals surface area contributed by atoms with Crippen LogP contribution in [0.3, 0.4) is 0 Å². The third-order valence-electron chi connectivity index (χ3n) is 2.31. The van der Waals surface area contributed by atoms with Crippen molar-refractivity contribution < 1.29 is 0 Å². The molecule has 1 unspecified atom stereocenters. The van der Waals surface area contributed by atoms with Crippen LogP contribution in [0, 0.1) is 13.8 Å². The first-order chi connectivity index (χ1) is 6.67. The maximum absolute atomic E-state index is 5.72. The maximum atomic E-state index is 5.72. The van der Waals surface area contributed by atoms with Crippen LogP contribution >= 0.6 is 22.9 Å². The van der Waals surface area contributed by atoms with Crippen LogP contribution in [0.5, 0.6) is 0 Å². The summed E-state index contributed by atoms with van der Waals surface area (Å²) >= 11 is 7.44. The lowest BCUT2D eigenvalue weighted by atomic mass is 10.2. The summed E-state index contributed by atoms with van der Waals surface area (Å²) < 4.78 is 0. The third kappa shape index (κ3) is 3.14. The number of aryl methyl sites for hydroxylation is 2. The Balaban J connectivity index is 2.57. The van der Waals surface area contributed by atoms with Crippen molar-refractivity contribution in [2.75, 3.05) is 11.2 Å². The largest absolute Gasteiger partial charge is 0.359 e. The lowest BCUT2D eigenvalue weighted by Crippen LogP contribution is -2.18. The highest BCUT2D eigenvalue weighted by molar-refractivity contribution is 7.15. The summed E-state index contributed by atoms with van der Waals surface area (Å²) in [6.07, 6.45) is 2.08. The summed E-state index contributed by atoms with van der Waals surface area (Å²) in [4.78, 5) is 5.73. The molecule has 0 fully saturated rings. The summed E-state index contributed by atoms with van der Waals surface area (Å²) in [5.41, 5.74) is 1.12. The van der Waals surface area contributed by atoms with Crippen LogP contribution in [-0.4, -0.2) is 16.9 Å². The highest BCUT2D eigenvalue weighted by atomic mass is 35.5. The van der Waals surface area contributed by atoms with Gasteiger partial charge in [-0.25, -0.2) is 4.98 Å². The van der Waals surface area contributed by atoms with Crippen molar-refractivity contribution in [1.29, 1.82) is 0 Å². The highest BCUT2D eigenvalue weighted by Crippen LogP contribution is 2.22. The SMILES string of the molecule is CCC(CCCl)Nc1nc(C)c(C)s1. The minimum absolute atomic E-state index is 0.456. The van der Waals surface area contributed by atoms with Crippen molar-refractivity contribution in [3.05, 3.63) is 10.6 Å². The molecule has 80 valence electrons. The van der Waals surface area contributed by atoms with Crippen molar-refractivity contribution in [3.8, 4) is 0 Å². The average molecular weight is 233 g/mol. The number of hydrogen-bond acceptors (Lipinski definition) is 3. The van der Waals surface area contributed by atoms with Crippen molar-refractivity contribution in [1.82, 2.24) is 4.98 Å². The van der Waals surface area contributed by atoms with Gasteiger partial charge in [0, 0.05) is 16.8 Å². The Morgan fingerprint density at radius 3 is 2.64 bits per heavy atom. The number of rotatable bonds is 5. The molecule has 0 aliphatic rings. The van der Waals surface area contributed by atoms with Gasteiger partial charge < -0.3 is 5.32 Å². The third-order valence-corrected chi connectivity index (χ3v) is 3.53. The van der Waals surface area contributed by atoms with Gasteiger partial charge in [-0.1, -0.05) is 6.92 Å². The average Bonchev–Trinajstić information content (AvgIpc) is 2.45. The van der Waals surface area contributed by atoms with Crippen LogP contribution in [0.2, 0.25) is 0 Å². The minimum Gasteiger partial charge on any atom is -0.359 e. The van der Waals surface area contributed by atoms with Gasteiger partial charge in [-0.2, -0.15) is 0 Å². The predicted molar refractivity (Wildman–Crippen MR) is 64.6 cm³/mol. The summed E-state index contributed by atoms with van der Waals surface area (Å²) in [5.74, 6) is 0.703. The fraction of sp³-hybridized carbons (Fsp3) is 0.700. The van der Waals surface area contributed by atoms with Gasteiger partial charge in [-0.15, -0.1) is 22.9 Å². The summed E-state index contributed by atoms with van der Waals surface area (Å²) in [7, 11) is 0. The molecule has 0 amide bonds. The summed E-state index contributed by atoms with van der Waals surface area (Å²) in [6.45, 7) is 6.30. The van der Waals surface area contributed by atoms with E-state index < -0.39 is 0 Å². The number of thiazole rings is 1. The maximum Gasteiger partial charge on any atom is 0.183 e. The lowest BCUT2D eigenvalue weighted by molar-refractivity contribution is 0.674. The van der Waals surface area contributed by atoms with E-state index in [0.29, 0.717) is 11.9 Å². The topological polar surface area (TPSA) is 24.9 Å². The molecule has 1 N–H and O–H groups in total. The quantitative estimate of drug-likeness (QED) is 0.785. The second-order valence-electron chi connectivity index (χ2n) is 3.39. The van der Waals surface area contributed by atoms with E-state index in [1.54, 1.807) is 11.3 Å². The molecule has 0 saturated carbocycles. The van der Waals surface area contributed by atoms with Crippen LogP contribution in [0.15, 0.2) is 0 Å². The molecule has 1 rings (SSSR count). The van der Waals surface area contributed by atoms with E-state index in [-0.39, 0.29) is 0 Å². The molecule has 0 spiro atoms. The molecule has 14 heavy (non-hydrogen) atoms. The van der Waals surface area contributed by atoms with Crippen LogP contribution < -0.4 is 5.32 Å². The van der Waals surface area contributed by atoms with Gasteiger partial charge >= 0.3 is 0 Å². The van der Waals surface area contributed by atoms with E-state index in [1.807, 2.05) is 6.92 Å². The number of halogens is 1. The van der Waals surface area contributed by atoms with E-state index in [0.717, 1.165) is 23.7 Å². The summed E-state index contributed by atoms with van der Waals surface area (Å²) in [5, 5.41) is 4.44. The van der Waals surface area contributed by atoms with Crippen molar-refractivity contribution in [3.63, 3.8) is 0 Å². The monoisotopic (exact) mass is 232 g/mol. The highest BCUT2D eigenvalue weighted by Gasteiger charge is 2.08. The normalized spacial score (nSPS) is 12.9. The molecule has 1 aromatic rings. The Hall–Kier alpha value is -0.280. The molecular weight excluding hydrogens is 216 g/mol. The first-order valence-electron chi connectivity index (χ1n) is 4.94. The van der Waals surface area contributed by atoms with E-state index >= 15 is 0 Å². The second kappa shape index (κ2) is 5.56.